The van der Waals surface area contributed by atoms with E-state index in [4.69, 9.17) is 4.74 Å². The molecule has 0 N–H and O–H groups in total. The van der Waals surface area contributed by atoms with Crippen molar-refractivity contribution in [1.29, 1.82) is 0 Å². The number of nitrogens with zero attached hydrogens (tertiary/aromatic N) is 3. The maximum Gasteiger partial charge on any atom is 0.316 e. The summed E-state index contributed by atoms with van der Waals surface area (Å²) in [7, 11) is 0. The van der Waals surface area contributed by atoms with Crippen LogP contribution in [0.15, 0.2) is 0 Å². The molecule has 0 amide bonds. The van der Waals surface area contributed by atoms with Gasteiger partial charge in [-0.15, -0.1) is 0 Å². The fourth-order valence-corrected chi connectivity index (χ4v) is 6.76. The van der Waals surface area contributed by atoms with Gasteiger partial charge >= 0.3 is 6.23 Å². The molecule has 4 aliphatic rings. The smallest absolute Gasteiger partial charge is 0.312 e. The summed E-state index contributed by atoms with van der Waals surface area (Å²) in [4.78, 5) is 16.6. The van der Waals surface area contributed by atoms with E-state index in [0.29, 0.717) is 6.42 Å². The first-order valence-electron chi connectivity index (χ1n) is 12.2. The molecule has 6 nitrogen and oxygen atoms in total. The van der Waals surface area contributed by atoms with Gasteiger partial charge in [0.05, 0.1) is 17.4 Å². The van der Waals surface area contributed by atoms with Crippen LogP contribution in [-0.4, -0.2) is 65.8 Å². The highest BCUT2D eigenvalue weighted by Crippen LogP contribution is 2.49. The molecule has 0 aromatic heterocycles. The number of hydrogen-bond acceptors (Lipinski definition) is 5. The lowest BCUT2D eigenvalue weighted by atomic mass is 9.74. The SMILES string of the molecule is CC1CCCC(N2CCN(CC3OC([N+](=O)[O-])CC34CCCCCC4)CC2)C1C. The minimum absolute atomic E-state index is 0.0381. The van der Waals surface area contributed by atoms with E-state index < -0.39 is 6.23 Å². The van der Waals surface area contributed by atoms with Gasteiger partial charge in [-0.05, 0) is 31.1 Å². The van der Waals surface area contributed by atoms with Crippen molar-refractivity contribution in [2.45, 2.75) is 96.4 Å². The van der Waals surface area contributed by atoms with E-state index in [1.165, 1.54) is 44.9 Å². The van der Waals surface area contributed by atoms with Gasteiger partial charge in [-0.3, -0.25) is 19.9 Å². The van der Waals surface area contributed by atoms with Crippen molar-refractivity contribution >= 4 is 0 Å². The third-order valence-corrected chi connectivity index (χ3v) is 8.88. The van der Waals surface area contributed by atoms with Crippen LogP contribution < -0.4 is 0 Å². The Morgan fingerprint density at radius 3 is 2.34 bits per heavy atom. The molecule has 2 aliphatic carbocycles. The van der Waals surface area contributed by atoms with Crippen molar-refractivity contribution in [1.82, 2.24) is 9.80 Å². The topological polar surface area (TPSA) is 58.8 Å². The summed E-state index contributed by atoms with van der Waals surface area (Å²) < 4.78 is 6.09. The first-order chi connectivity index (χ1) is 14.0. The maximum absolute atomic E-state index is 11.5. The normalized spacial score (nSPS) is 39.4. The Labute approximate surface area is 176 Å². The Balaban J connectivity index is 1.35. The van der Waals surface area contributed by atoms with Crippen LogP contribution in [0.5, 0.6) is 0 Å². The van der Waals surface area contributed by atoms with Crippen molar-refractivity contribution in [2.24, 2.45) is 17.3 Å². The summed E-state index contributed by atoms with van der Waals surface area (Å²) in [6.07, 6.45) is 11.2. The predicted molar refractivity (Wildman–Crippen MR) is 114 cm³/mol. The molecule has 2 saturated heterocycles. The van der Waals surface area contributed by atoms with E-state index in [-0.39, 0.29) is 16.4 Å². The van der Waals surface area contributed by atoms with E-state index in [9.17, 15) is 10.1 Å². The quantitative estimate of drug-likeness (QED) is 0.517. The Hall–Kier alpha value is -0.720. The zero-order valence-corrected chi connectivity index (χ0v) is 18.6. The molecule has 6 heteroatoms. The Morgan fingerprint density at radius 2 is 1.69 bits per heavy atom. The van der Waals surface area contributed by atoms with Crippen LogP contribution in [0.1, 0.15) is 78.1 Å². The minimum atomic E-state index is -0.788. The molecular weight excluding hydrogens is 366 g/mol. The molecule has 166 valence electrons. The molecule has 5 unspecified atom stereocenters. The van der Waals surface area contributed by atoms with Crippen LogP contribution in [0.25, 0.3) is 0 Å². The van der Waals surface area contributed by atoms with Crippen LogP contribution in [0, 0.1) is 27.4 Å². The molecule has 2 saturated carbocycles. The van der Waals surface area contributed by atoms with Gasteiger partial charge in [-0.2, -0.15) is 0 Å². The van der Waals surface area contributed by atoms with Gasteiger partial charge in [-0.25, -0.2) is 0 Å². The van der Waals surface area contributed by atoms with Gasteiger partial charge in [-0.1, -0.05) is 52.4 Å². The van der Waals surface area contributed by atoms with Gasteiger partial charge in [0.1, 0.15) is 0 Å². The molecule has 0 aromatic rings. The van der Waals surface area contributed by atoms with Crippen molar-refractivity contribution in [3.05, 3.63) is 10.1 Å². The molecule has 5 atom stereocenters. The highest BCUT2D eigenvalue weighted by Gasteiger charge is 2.53. The summed E-state index contributed by atoms with van der Waals surface area (Å²) in [5, 5.41) is 11.5. The summed E-state index contributed by atoms with van der Waals surface area (Å²) in [6, 6.07) is 0.746. The van der Waals surface area contributed by atoms with Crippen LogP contribution in [-0.2, 0) is 4.74 Å². The van der Waals surface area contributed by atoms with Crippen molar-refractivity contribution in [2.75, 3.05) is 32.7 Å². The standard InChI is InChI=1S/C23H41N3O3/c1-18-8-7-9-20(19(18)2)25-14-12-24(13-15-25)17-21-23(10-5-3-4-6-11-23)16-22(29-21)26(27)28/h18-22H,3-17H2,1-2H3. The van der Waals surface area contributed by atoms with E-state index >= 15 is 0 Å². The molecule has 0 radical (unpaired) electrons. The Morgan fingerprint density at radius 1 is 1.00 bits per heavy atom. The monoisotopic (exact) mass is 407 g/mol. The Kier molecular flexibility index (Phi) is 6.82. The van der Waals surface area contributed by atoms with Crippen LogP contribution >= 0.6 is 0 Å². The summed E-state index contributed by atoms with van der Waals surface area (Å²) in [5.74, 6) is 1.64. The van der Waals surface area contributed by atoms with Crippen molar-refractivity contribution < 1.29 is 9.66 Å². The van der Waals surface area contributed by atoms with Gasteiger partial charge < -0.3 is 4.74 Å². The summed E-state index contributed by atoms with van der Waals surface area (Å²) in [5.41, 5.74) is 0.0404. The molecule has 2 heterocycles. The predicted octanol–water partition coefficient (Wildman–Crippen LogP) is 4.16. The van der Waals surface area contributed by atoms with Gasteiger partial charge in [0.15, 0.2) is 0 Å². The largest absolute Gasteiger partial charge is 0.316 e. The second-order valence-electron chi connectivity index (χ2n) is 10.5. The summed E-state index contributed by atoms with van der Waals surface area (Å²) in [6.45, 7) is 10.2. The minimum Gasteiger partial charge on any atom is -0.312 e. The molecule has 4 fully saturated rings. The first kappa shape index (κ1) is 21.5. The third-order valence-electron chi connectivity index (χ3n) is 8.88. The van der Waals surface area contributed by atoms with Crippen LogP contribution in [0.3, 0.4) is 0 Å². The van der Waals surface area contributed by atoms with Crippen molar-refractivity contribution in [3.8, 4) is 0 Å². The Bertz CT molecular complexity index is 556. The van der Waals surface area contributed by atoms with E-state index in [1.54, 1.807) is 0 Å². The second-order valence-corrected chi connectivity index (χ2v) is 10.5. The average Bonchev–Trinajstić information content (AvgIpc) is 2.89. The number of piperazine rings is 1. The average molecular weight is 408 g/mol. The summed E-state index contributed by atoms with van der Waals surface area (Å²) >= 11 is 0. The lowest BCUT2D eigenvalue weighted by Crippen LogP contribution is -2.55. The van der Waals surface area contributed by atoms with E-state index in [0.717, 1.165) is 63.4 Å². The fourth-order valence-electron chi connectivity index (χ4n) is 6.76. The molecule has 0 bridgehead atoms. The number of rotatable bonds is 4. The molecule has 2 aliphatic heterocycles. The molecule has 1 spiro atoms. The van der Waals surface area contributed by atoms with Gasteiger partial charge in [0.25, 0.3) is 0 Å². The highest BCUT2D eigenvalue weighted by atomic mass is 16.7. The maximum atomic E-state index is 11.5. The second kappa shape index (κ2) is 9.19. The number of hydrogen-bond donors (Lipinski definition) is 0. The number of nitro groups is 1. The molecular formula is C23H41N3O3. The lowest BCUT2D eigenvalue weighted by molar-refractivity contribution is -0.571. The van der Waals surface area contributed by atoms with Gasteiger partial charge in [0, 0.05) is 44.2 Å². The zero-order chi connectivity index (χ0) is 20.4. The van der Waals surface area contributed by atoms with Gasteiger partial charge in [0.2, 0.25) is 0 Å². The highest BCUT2D eigenvalue weighted by molar-refractivity contribution is 4.97. The van der Waals surface area contributed by atoms with E-state index in [1.807, 2.05) is 0 Å². The van der Waals surface area contributed by atoms with E-state index in [2.05, 4.69) is 23.6 Å². The first-order valence-corrected chi connectivity index (χ1v) is 12.2. The third kappa shape index (κ3) is 4.64. The van der Waals surface area contributed by atoms with Crippen molar-refractivity contribution in [3.63, 3.8) is 0 Å². The number of ether oxygens (including phenoxy) is 1. The lowest BCUT2D eigenvalue weighted by Gasteiger charge is -2.46. The molecule has 4 rings (SSSR count). The molecule has 29 heavy (non-hydrogen) atoms. The zero-order valence-electron chi connectivity index (χ0n) is 18.6. The van der Waals surface area contributed by atoms with Crippen LogP contribution in [0.4, 0.5) is 0 Å². The fraction of sp³-hybridized carbons (Fsp3) is 1.00. The molecule has 0 aromatic carbocycles. The van der Waals surface area contributed by atoms with Crippen LogP contribution in [0.2, 0.25) is 0 Å².